The van der Waals surface area contributed by atoms with E-state index in [1.165, 1.54) is 11.1 Å². The highest BCUT2D eigenvalue weighted by atomic mass is 16.5. The van der Waals surface area contributed by atoms with Crippen LogP contribution in [0.1, 0.15) is 37.0 Å². The lowest BCUT2D eigenvalue weighted by Gasteiger charge is -2.12. The third-order valence-electron chi connectivity index (χ3n) is 3.19. The highest BCUT2D eigenvalue weighted by Crippen LogP contribution is 2.22. The van der Waals surface area contributed by atoms with Crippen LogP contribution in [0.3, 0.4) is 0 Å². The van der Waals surface area contributed by atoms with Crippen molar-refractivity contribution in [2.75, 3.05) is 13.2 Å². The van der Waals surface area contributed by atoms with Crippen molar-refractivity contribution in [3.8, 4) is 5.75 Å². The van der Waals surface area contributed by atoms with Crippen molar-refractivity contribution in [3.63, 3.8) is 0 Å². The Bertz CT molecular complexity index is 439. The average molecular weight is 263 g/mol. The molecule has 1 N–H and O–H groups in total. The molecule has 3 heteroatoms. The van der Waals surface area contributed by atoms with Gasteiger partial charge in [-0.2, -0.15) is 0 Å². The van der Waals surface area contributed by atoms with Crippen LogP contribution in [-0.4, -0.2) is 19.1 Å². The van der Waals surface area contributed by atoms with Crippen molar-refractivity contribution in [2.45, 2.75) is 41.0 Å². The molecule has 1 amide bonds. The molecule has 3 nitrogen and oxygen atoms in total. The van der Waals surface area contributed by atoms with Crippen molar-refractivity contribution >= 4 is 5.91 Å². The van der Waals surface area contributed by atoms with E-state index in [2.05, 4.69) is 32.2 Å². The first-order chi connectivity index (χ1) is 8.90. The summed E-state index contributed by atoms with van der Waals surface area (Å²) in [6, 6.07) is 4.08. The first kappa shape index (κ1) is 15.5. The van der Waals surface area contributed by atoms with Crippen LogP contribution in [0.4, 0.5) is 0 Å². The predicted molar refractivity (Wildman–Crippen MR) is 78.6 cm³/mol. The van der Waals surface area contributed by atoms with Crippen LogP contribution < -0.4 is 10.1 Å². The van der Waals surface area contributed by atoms with Crippen molar-refractivity contribution in [1.29, 1.82) is 0 Å². The second-order valence-corrected chi connectivity index (χ2v) is 5.52. The molecular weight excluding hydrogens is 238 g/mol. The number of amides is 1. The van der Waals surface area contributed by atoms with Crippen LogP contribution >= 0.6 is 0 Å². The topological polar surface area (TPSA) is 38.3 Å². The number of ether oxygens (including phenoxy) is 1. The number of hydrogen-bond acceptors (Lipinski definition) is 2. The van der Waals surface area contributed by atoms with Crippen LogP contribution in [0.5, 0.6) is 5.75 Å². The number of rotatable bonds is 6. The van der Waals surface area contributed by atoms with Gasteiger partial charge in [-0.3, -0.25) is 4.79 Å². The molecule has 0 aliphatic rings. The Morgan fingerprint density at radius 3 is 2.42 bits per heavy atom. The molecule has 0 bridgehead atoms. The SMILES string of the molecule is Cc1cc(C)c(OCC(=O)NCCC(C)C)cc1C. The molecule has 0 aliphatic carbocycles. The fraction of sp³-hybridized carbons (Fsp3) is 0.562. The largest absolute Gasteiger partial charge is 0.483 e. The van der Waals surface area contributed by atoms with Gasteiger partial charge in [0.25, 0.3) is 5.91 Å². The number of hydrogen-bond donors (Lipinski definition) is 1. The minimum Gasteiger partial charge on any atom is -0.483 e. The first-order valence-corrected chi connectivity index (χ1v) is 6.87. The third-order valence-corrected chi connectivity index (χ3v) is 3.19. The monoisotopic (exact) mass is 263 g/mol. The zero-order valence-corrected chi connectivity index (χ0v) is 12.7. The van der Waals surface area contributed by atoms with Crippen LogP contribution in [-0.2, 0) is 4.79 Å². The molecule has 0 saturated carbocycles. The second kappa shape index (κ2) is 7.17. The van der Waals surface area contributed by atoms with E-state index < -0.39 is 0 Å². The Balaban J connectivity index is 2.44. The standard InChI is InChI=1S/C16H25NO2/c1-11(2)6-7-17-16(18)10-19-15-9-13(4)12(3)8-14(15)5/h8-9,11H,6-7,10H2,1-5H3,(H,17,18). The van der Waals surface area contributed by atoms with Gasteiger partial charge in [-0.1, -0.05) is 19.9 Å². The normalized spacial score (nSPS) is 10.6. The van der Waals surface area contributed by atoms with Gasteiger partial charge in [0, 0.05) is 6.54 Å². The van der Waals surface area contributed by atoms with Gasteiger partial charge in [-0.15, -0.1) is 0 Å². The Hall–Kier alpha value is -1.51. The zero-order valence-electron chi connectivity index (χ0n) is 12.7. The molecule has 19 heavy (non-hydrogen) atoms. The van der Waals surface area contributed by atoms with Crippen LogP contribution in [0.15, 0.2) is 12.1 Å². The summed E-state index contributed by atoms with van der Waals surface area (Å²) in [6.45, 7) is 11.2. The van der Waals surface area contributed by atoms with Gasteiger partial charge in [0.1, 0.15) is 5.75 Å². The van der Waals surface area contributed by atoms with Gasteiger partial charge in [-0.25, -0.2) is 0 Å². The fourth-order valence-electron chi connectivity index (χ4n) is 1.78. The number of aryl methyl sites for hydroxylation is 3. The second-order valence-electron chi connectivity index (χ2n) is 5.52. The van der Waals surface area contributed by atoms with Gasteiger partial charge in [0.2, 0.25) is 0 Å². The van der Waals surface area contributed by atoms with E-state index in [4.69, 9.17) is 4.74 Å². The first-order valence-electron chi connectivity index (χ1n) is 6.87. The summed E-state index contributed by atoms with van der Waals surface area (Å²) in [4.78, 5) is 11.6. The minimum atomic E-state index is -0.0571. The van der Waals surface area contributed by atoms with E-state index in [1.807, 2.05) is 19.9 Å². The van der Waals surface area contributed by atoms with Crippen LogP contribution in [0.2, 0.25) is 0 Å². The van der Waals surface area contributed by atoms with E-state index in [1.54, 1.807) is 0 Å². The molecule has 0 spiro atoms. The molecule has 0 heterocycles. The maximum atomic E-state index is 11.6. The smallest absolute Gasteiger partial charge is 0.257 e. The number of carbonyl (C=O) groups excluding carboxylic acids is 1. The van der Waals surface area contributed by atoms with E-state index in [9.17, 15) is 4.79 Å². The molecule has 0 fully saturated rings. The molecule has 0 saturated heterocycles. The summed E-state index contributed by atoms with van der Waals surface area (Å²) >= 11 is 0. The van der Waals surface area contributed by atoms with Gasteiger partial charge in [0.15, 0.2) is 6.61 Å². The van der Waals surface area contributed by atoms with E-state index >= 15 is 0 Å². The van der Waals surface area contributed by atoms with E-state index in [-0.39, 0.29) is 12.5 Å². The molecule has 0 atom stereocenters. The highest BCUT2D eigenvalue weighted by Gasteiger charge is 2.06. The maximum Gasteiger partial charge on any atom is 0.257 e. The van der Waals surface area contributed by atoms with E-state index in [0.717, 1.165) is 17.7 Å². The van der Waals surface area contributed by atoms with Crippen molar-refractivity contribution in [2.24, 2.45) is 5.92 Å². The van der Waals surface area contributed by atoms with Gasteiger partial charge < -0.3 is 10.1 Å². The molecule has 0 aromatic heterocycles. The molecule has 106 valence electrons. The van der Waals surface area contributed by atoms with Gasteiger partial charge in [-0.05, 0) is 55.9 Å². The van der Waals surface area contributed by atoms with E-state index in [0.29, 0.717) is 12.5 Å². The van der Waals surface area contributed by atoms with Crippen molar-refractivity contribution in [3.05, 3.63) is 28.8 Å². The number of nitrogens with one attached hydrogen (secondary N) is 1. The quantitative estimate of drug-likeness (QED) is 0.856. The van der Waals surface area contributed by atoms with Crippen LogP contribution in [0.25, 0.3) is 0 Å². The molecule has 0 radical (unpaired) electrons. The lowest BCUT2D eigenvalue weighted by Crippen LogP contribution is -2.30. The average Bonchev–Trinajstić information content (AvgIpc) is 2.31. The van der Waals surface area contributed by atoms with Gasteiger partial charge in [0.05, 0.1) is 0 Å². The summed E-state index contributed by atoms with van der Waals surface area (Å²) < 4.78 is 5.58. The van der Waals surface area contributed by atoms with Crippen LogP contribution in [0, 0.1) is 26.7 Å². The third kappa shape index (κ3) is 5.33. The lowest BCUT2D eigenvalue weighted by atomic mass is 10.1. The molecule has 1 aromatic rings. The lowest BCUT2D eigenvalue weighted by molar-refractivity contribution is -0.123. The summed E-state index contributed by atoms with van der Waals surface area (Å²) in [6.07, 6.45) is 0.994. The van der Waals surface area contributed by atoms with Crippen molar-refractivity contribution in [1.82, 2.24) is 5.32 Å². The highest BCUT2D eigenvalue weighted by molar-refractivity contribution is 5.77. The Morgan fingerprint density at radius 2 is 1.79 bits per heavy atom. The molecule has 0 unspecified atom stereocenters. The summed E-state index contributed by atoms with van der Waals surface area (Å²) in [5.41, 5.74) is 3.49. The molecule has 1 rings (SSSR count). The number of benzene rings is 1. The molecule has 0 aliphatic heterocycles. The Kier molecular flexibility index (Phi) is 5.87. The van der Waals surface area contributed by atoms with Crippen molar-refractivity contribution < 1.29 is 9.53 Å². The molecular formula is C16H25NO2. The Morgan fingerprint density at radius 1 is 1.16 bits per heavy atom. The summed E-state index contributed by atoms with van der Waals surface area (Å²) in [5, 5.41) is 2.87. The minimum absolute atomic E-state index is 0.0571. The summed E-state index contributed by atoms with van der Waals surface area (Å²) in [5.74, 6) is 1.34. The Labute approximate surface area is 116 Å². The maximum absolute atomic E-state index is 11.6. The predicted octanol–water partition coefficient (Wildman–Crippen LogP) is 3.15. The van der Waals surface area contributed by atoms with Gasteiger partial charge >= 0.3 is 0 Å². The fourth-order valence-corrected chi connectivity index (χ4v) is 1.78. The molecule has 1 aromatic carbocycles. The number of carbonyl (C=O) groups is 1. The zero-order chi connectivity index (χ0) is 14.4. The summed E-state index contributed by atoms with van der Waals surface area (Å²) in [7, 11) is 0.